The molecule has 0 radical (unpaired) electrons. The number of aromatic nitrogens is 1. The van der Waals surface area contributed by atoms with Crippen molar-refractivity contribution in [2.75, 3.05) is 4.90 Å². The standard InChI is InChI=1S/C26H16N2OS/c29-25-17-8-2-5-11-21(17)27-22-12-6-3-9-18(22)26(30)28-20-10-4-1-7-15(20)16-13-14-19(25)24(27)23(16)28/h1-14,25,29H. The lowest BCUT2D eigenvalue weighted by atomic mass is 9.91. The number of fused-ring (bicyclic) bond motifs is 7. The van der Waals surface area contributed by atoms with Gasteiger partial charge in [0.05, 0.1) is 28.1 Å². The van der Waals surface area contributed by atoms with Crippen LogP contribution in [0.15, 0.2) is 84.9 Å². The van der Waals surface area contributed by atoms with Gasteiger partial charge in [-0.2, -0.15) is 0 Å². The topological polar surface area (TPSA) is 28.4 Å². The van der Waals surface area contributed by atoms with Crippen LogP contribution in [0.3, 0.4) is 0 Å². The van der Waals surface area contributed by atoms with Crippen LogP contribution in [-0.2, 0) is 0 Å². The number of rotatable bonds is 0. The quantitative estimate of drug-likeness (QED) is 0.306. The third-order valence-corrected chi connectivity index (χ3v) is 6.81. The highest BCUT2D eigenvalue weighted by molar-refractivity contribution is 7.80. The van der Waals surface area contributed by atoms with Crippen LogP contribution in [0.1, 0.15) is 22.8 Å². The van der Waals surface area contributed by atoms with Crippen molar-refractivity contribution in [3.05, 3.63) is 102 Å². The third kappa shape index (κ3) is 1.81. The molecule has 0 bridgehead atoms. The maximum atomic E-state index is 11.3. The molecule has 2 aliphatic rings. The largest absolute Gasteiger partial charge is 0.383 e. The minimum Gasteiger partial charge on any atom is -0.383 e. The Balaban J connectivity index is 1.78. The molecule has 4 heteroatoms. The van der Waals surface area contributed by atoms with Crippen LogP contribution < -0.4 is 4.90 Å². The first-order chi connectivity index (χ1) is 14.8. The molecule has 0 saturated heterocycles. The number of aliphatic hydroxyl groups excluding tert-OH is 1. The molecule has 3 heterocycles. The number of thiocarbonyl (C=S) groups is 1. The molecule has 3 nitrogen and oxygen atoms in total. The third-order valence-electron chi connectivity index (χ3n) is 6.41. The molecule has 1 N–H and O–H groups in total. The van der Waals surface area contributed by atoms with E-state index in [2.05, 4.69) is 64.1 Å². The Kier molecular flexibility index (Phi) is 3.03. The normalized spacial score (nSPS) is 16.5. The minimum absolute atomic E-state index is 0.679. The highest BCUT2D eigenvalue weighted by Crippen LogP contribution is 2.54. The van der Waals surface area contributed by atoms with Gasteiger partial charge in [0.25, 0.3) is 0 Å². The molecule has 0 aliphatic carbocycles. The minimum atomic E-state index is -0.679. The van der Waals surface area contributed by atoms with Gasteiger partial charge in [-0.3, -0.25) is 4.57 Å². The van der Waals surface area contributed by atoms with E-state index < -0.39 is 6.10 Å². The number of nitrogens with zero attached hydrogens (tertiary/aromatic N) is 2. The number of hydrogen-bond acceptors (Lipinski definition) is 3. The van der Waals surface area contributed by atoms with Crippen LogP contribution in [0, 0.1) is 0 Å². The fourth-order valence-electron chi connectivity index (χ4n) is 5.15. The number of para-hydroxylation sites is 3. The van der Waals surface area contributed by atoms with Gasteiger partial charge in [-0.15, -0.1) is 0 Å². The smallest absolute Gasteiger partial charge is 0.120 e. The molecule has 1 atom stereocenters. The van der Waals surface area contributed by atoms with Crippen LogP contribution in [0.25, 0.3) is 21.8 Å². The van der Waals surface area contributed by atoms with E-state index in [1.54, 1.807) is 0 Å². The Hall–Kier alpha value is -3.47. The van der Waals surface area contributed by atoms with E-state index in [0.717, 1.165) is 55.2 Å². The maximum absolute atomic E-state index is 11.3. The second-order valence-corrected chi connectivity index (χ2v) is 8.26. The Bertz CT molecular complexity index is 1550. The van der Waals surface area contributed by atoms with Crippen molar-refractivity contribution in [2.45, 2.75) is 6.10 Å². The van der Waals surface area contributed by atoms with E-state index >= 15 is 0 Å². The summed E-state index contributed by atoms with van der Waals surface area (Å²) in [4.78, 5) is 3.07. The van der Waals surface area contributed by atoms with Gasteiger partial charge in [-0.25, -0.2) is 0 Å². The van der Waals surface area contributed by atoms with Crippen molar-refractivity contribution in [1.29, 1.82) is 0 Å². The molecule has 142 valence electrons. The van der Waals surface area contributed by atoms with Gasteiger partial charge in [-0.1, -0.05) is 72.9 Å². The summed E-state index contributed by atoms with van der Waals surface area (Å²) in [6.07, 6.45) is -0.679. The zero-order valence-corrected chi connectivity index (χ0v) is 16.7. The van der Waals surface area contributed by atoms with E-state index in [4.69, 9.17) is 12.2 Å². The van der Waals surface area contributed by atoms with Gasteiger partial charge in [0.15, 0.2) is 0 Å². The van der Waals surface area contributed by atoms with Gasteiger partial charge in [0, 0.05) is 27.5 Å². The Labute approximate surface area is 178 Å². The second kappa shape index (κ2) is 5.57. The lowest BCUT2D eigenvalue weighted by Gasteiger charge is -2.36. The SMILES string of the molecule is OC1c2ccccc2N2c3ccccc3C(=S)n3c4ccccc4c4ccc1c2c43. The molecule has 1 unspecified atom stereocenters. The molecule has 0 spiro atoms. The Morgan fingerprint density at radius 3 is 2.33 bits per heavy atom. The van der Waals surface area contributed by atoms with Crippen molar-refractivity contribution < 1.29 is 5.11 Å². The van der Waals surface area contributed by atoms with Gasteiger partial charge in [0.1, 0.15) is 11.1 Å². The van der Waals surface area contributed by atoms with Crippen molar-refractivity contribution in [1.82, 2.24) is 4.57 Å². The molecule has 7 rings (SSSR count). The zero-order valence-electron chi connectivity index (χ0n) is 15.9. The molecular formula is C26H16N2OS. The molecule has 0 saturated carbocycles. The average Bonchev–Trinajstić information content (AvgIpc) is 3.08. The molecule has 4 aromatic carbocycles. The van der Waals surface area contributed by atoms with Crippen molar-refractivity contribution in [3.63, 3.8) is 0 Å². The fraction of sp³-hybridized carbons (Fsp3) is 0.0385. The van der Waals surface area contributed by atoms with Gasteiger partial charge >= 0.3 is 0 Å². The van der Waals surface area contributed by atoms with Crippen LogP contribution in [0.5, 0.6) is 0 Å². The summed E-state index contributed by atoms with van der Waals surface area (Å²) in [7, 11) is 0. The summed E-state index contributed by atoms with van der Waals surface area (Å²) in [5.74, 6) is 0. The molecule has 2 aliphatic heterocycles. The summed E-state index contributed by atoms with van der Waals surface area (Å²) >= 11 is 6.08. The van der Waals surface area contributed by atoms with Crippen LogP contribution in [0.2, 0.25) is 0 Å². The monoisotopic (exact) mass is 404 g/mol. The molecule has 30 heavy (non-hydrogen) atoms. The molecule has 1 aromatic heterocycles. The summed E-state index contributed by atoms with van der Waals surface area (Å²) in [5, 5.41) is 13.6. The number of benzene rings is 4. The number of anilines is 3. The van der Waals surface area contributed by atoms with Crippen molar-refractivity contribution in [2.24, 2.45) is 0 Å². The van der Waals surface area contributed by atoms with E-state index in [-0.39, 0.29) is 0 Å². The van der Waals surface area contributed by atoms with E-state index in [1.807, 2.05) is 30.3 Å². The van der Waals surface area contributed by atoms with Crippen LogP contribution in [-0.4, -0.2) is 14.7 Å². The van der Waals surface area contributed by atoms with E-state index in [9.17, 15) is 5.11 Å². The Morgan fingerprint density at radius 2 is 1.43 bits per heavy atom. The van der Waals surface area contributed by atoms with Gasteiger partial charge in [-0.05, 0) is 24.3 Å². The molecule has 0 amide bonds. The van der Waals surface area contributed by atoms with Gasteiger partial charge < -0.3 is 10.0 Å². The first-order valence-corrected chi connectivity index (χ1v) is 10.4. The zero-order chi connectivity index (χ0) is 20.0. The van der Waals surface area contributed by atoms with Crippen LogP contribution >= 0.6 is 12.2 Å². The molecule has 0 fully saturated rings. The maximum Gasteiger partial charge on any atom is 0.120 e. The van der Waals surface area contributed by atoms with E-state index in [1.165, 1.54) is 5.39 Å². The lowest BCUT2D eigenvalue weighted by molar-refractivity contribution is 0.220. The molecule has 5 aromatic rings. The highest BCUT2D eigenvalue weighted by atomic mass is 32.1. The summed E-state index contributed by atoms with van der Waals surface area (Å²) in [6.45, 7) is 0. The van der Waals surface area contributed by atoms with Gasteiger partial charge in [0.2, 0.25) is 0 Å². The first kappa shape index (κ1) is 16.3. The van der Waals surface area contributed by atoms with Crippen molar-refractivity contribution in [3.8, 4) is 0 Å². The predicted octanol–water partition coefficient (Wildman–Crippen LogP) is 6.20. The first-order valence-electron chi connectivity index (χ1n) is 10.0. The summed E-state index contributed by atoms with van der Waals surface area (Å²) in [5.41, 5.74) is 8.05. The van der Waals surface area contributed by atoms with Crippen molar-refractivity contribution >= 4 is 56.1 Å². The highest BCUT2D eigenvalue weighted by Gasteiger charge is 2.36. The number of hydrogen-bond donors (Lipinski definition) is 1. The summed E-state index contributed by atoms with van der Waals surface area (Å²) in [6, 6.07) is 29.0. The fourth-order valence-corrected chi connectivity index (χ4v) is 5.52. The predicted molar refractivity (Wildman–Crippen MR) is 125 cm³/mol. The number of aliphatic hydroxyl groups is 1. The second-order valence-electron chi connectivity index (χ2n) is 7.87. The Morgan fingerprint density at radius 1 is 0.700 bits per heavy atom. The van der Waals surface area contributed by atoms with Crippen LogP contribution in [0.4, 0.5) is 17.1 Å². The van der Waals surface area contributed by atoms with E-state index in [0.29, 0.717) is 0 Å². The molecular weight excluding hydrogens is 388 g/mol. The average molecular weight is 404 g/mol. The lowest BCUT2D eigenvalue weighted by Crippen LogP contribution is -2.22. The summed E-state index contributed by atoms with van der Waals surface area (Å²) < 4.78 is 2.19.